The number of hydrogen-bond acceptors (Lipinski definition) is 5. The van der Waals surface area contributed by atoms with Crippen LogP contribution in [0.5, 0.6) is 0 Å². The lowest BCUT2D eigenvalue weighted by molar-refractivity contribution is -0.142. The standard InChI is InChI=1S/C24H37N3O4S2/c1-18-4-6-21(7-5-18)33(30,31)25-22(12-17-32-3)24(29)27-15-10-20(11-16-27)23(28)26-13-8-19(2)9-14-26/h4-7,19-20,22,25H,8-17H2,1-3H3. The second-order valence-corrected chi connectivity index (χ2v) is 12.1. The Bertz CT molecular complexity index is 904. The molecule has 0 aromatic heterocycles. The van der Waals surface area contributed by atoms with Gasteiger partial charge in [0.25, 0.3) is 0 Å². The average Bonchev–Trinajstić information content (AvgIpc) is 2.81. The molecule has 184 valence electrons. The van der Waals surface area contributed by atoms with Crippen LogP contribution in [0.4, 0.5) is 0 Å². The van der Waals surface area contributed by atoms with Crippen LogP contribution in [0.3, 0.4) is 0 Å². The van der Waals surface area contributed by atoms with Crippen LogP contribution in [0, 0.1) is 18.8 Å². The van der Waals surface area contributed by atoms with Crippen LogP contribution in [-0.2, 0) is 19.6 Å². The minimum Gasteiger partial charge on any atom is -0.342 e. The molecular weight excluding hydrogens is 458 g/mol. The third-order valence-corrected chi connectivity index (χ3v) is 8.92. The number of piperidine rings is 2. The number of carbonyl (C=O) groups excluding carboxylic acids is 2. The molecule has 1 atom stereocenters. The van der Waals surface area contributed by atoms with E-state index in [0.717, 1.165) is 31.5 Å². The molecule has 0 bridgehead atoms. The second kappa shape index (κ2) is 11.7. The highest BCUT2D eigenvalue weighted by atomic mass is 32.2. The Labute approximate surface area is 202 Å². The lowest BCUT2D eigenvalue weighted by Gasteiger charge is -2.37. The van der Waals surface area contributed by atoms with Gasteiger partial charge in [-0.15, -0.1) is 0 Å². The van der Waals surface area contributed by atoms with Crippen molar-refractivity contribution in [1.29, 1.82) is 0 Å². The van der Waals surface area contributed by atoms with Crippen molar-refractivity contribution in [3.05, 3.63) is 29.8 Å². The number of nitrogens with zero attached hydrogens (tertiary/aromatic N) is 2. The second-order valence-electron chi connectivity index (χ2n) is 9.38. The number of nitrogens with one attached hydrogen (secondary N) is 1. The van der Waals surface area contributed by atoms with Crippen LogP contribution < -0.4 is 4.72 Å². The van der Waals surface area contributed by atoms with Crippen molar-refractivity contribution >= 4 is 33.6 Å². The summed E-state index contributed by atoms with van der Waals surface area (Å²) in [5.41, 5.74) is 0.973. The molecule has 0 aliphatic carbocycles. The summed E-state index contributed by atoms with van der Waals surface area (Å²) in [6, 6.07) is 5.81. The summed E-state index contributed by atoms with van der Waals surface area (Å²) in [5, 5.41) is 0. The number of aryl methyl sites for hydroxylation is 1. The van der Waals surface area contributed by atoms with E-state index in [0.29, 0.717) is 44.0 Å². The van der Waals surface area contributed by atoms with E-state index in [1.807, 2.05) is 18.1 Å². The molecule has 0 saturated carbocycles. The van der Waals surface area contributed by atoms with E-state index in [-0.39, 0.29) is 22.6 Å². The van der Waals surface area contributed by atoms with E-state index < -0.39 is 16.1 Å². The summed E-state index contributed by atoms with van der Waals surface area (Å²) >= 11 is 1.58. The molecule has 1 aromatic carbocycles. The third kappa shape index (κ3) is 6.96. The number of sulfonamides is 1. The van der Waals surface area contributed by atoms with Gasteiger partial charge in [0.15, 0.2) is 0 Å². The summed E-state index contributed by atoms with van der Waals surface area (Å²) in [5.74, 6) is 1.33. The maximum Gasteiger partial charge on any atom is 0.241 e. The van der Waals surface area contributed by atoms with E-state index in [9.17, 15) is 18.0 Å². The van der Waals surface area contributed by atoms with Gasteiger partial charge in [0.05, 0.1) is 4.90 Å². The monoisotopic (exact) mass is 495 g/mol. The van der Waals surface area contributed by atoms with Gasteiger partial charge in [-0.1, -0.05) is 24.6 Å². The van der Waals surface area contributed by atoms with Crippen molar-refractivity contribution in [2.75, 3.05) is 38.2 Å². The molecule has 1 N–H and O–H groups in total. The van der Waals surface area contributed by atoms with Crippen LogP contribution in [0.1, 0.15) is 44.6 Å². The highest BCUT2D eigenvalue weighted by Gasteiger charge is 2.34. The highest BCUT2D eigenvalue weighted by Crippen LogP contribution is 2.24. The number of thioether (sulfide) groups is 1. The Hall–Kier alpha value is -1.58. The Morgan fingerprint density at radius 1 is 1.03 bits per heavy atom. The molecular formula is C24H37N3O4S2. The normalized spacial score (nSPS) is 19.5. The molecule has 1 aromatic rings. The SMILES string of the molecule is CSCCC(NS(=O)(=O)c1ccc(C)cc1)C(=O)N1CCC(C(=O)N2CCC(C)CC2)CC1. The number of rotatable bonds is 8. The molecule has 2 fully saturated rings. The topological polar surface area (TPSA) is 86.8 Å². The third-order valence-electron chi connectivity index (χ3n) is 6.79. The predicted molar refractivity (Wildman–Crippen MR) is 133 cm³/mol. The number of likely N-dealkylation sites (tertiary alicyclic amines) is 2. The Morgan fingerprint density at radius 3 is 2.18 bits per heavy atom. The van der Waals surface area contributed by atoms with Gasteiger partial charge in [0.1, 0.15) is 6.04 Å². The number of benzene rings is 1. The molecule has 7 nitrogen and oxygen atoms in total. The van der Waals surface area contributed by atoms with Gasteiger partial charge >= 0.3 is 0 Å². The van der Waals surface area contributed by atoms with Gasteiger partial charge in [-0.3, -0.25) is 9.59 Å². The van der Waals surface area contributed by atoms with E-state index in [4.69, 9.17) is 0 Å². The molecule has 2 aliphatic rings. The fraction of sp³-hybridized carbons (Fsp3) is 0.667. The largest absolute Gasteiger partial charge is 0.342 e. The minimum atomic E-state index is -3.80. The summed E-state index contributed by atoms with van der Waals surface area (Å²) in [7, 11) is -3.80. The fourth-order valence-electron chi connectivity index (χ4n) is 4.50. The Kier molecular flexibility index (Phi) is 9.24. The van der Waals surface area contributed by atoms with Crippen LogP contribution in [0.15, 0.2) is 29.2 Å². The van der Waals surface area contributed by atoms with E-state index >= 15 is 0 Å². The molecule has 2 saturated heterocycles. The fourth-order valence-corrected chi connectivity index (χ4v) is 6.19. The minimum absolute atomic E-state index is 0.0450. The predicted octanol–water partition coefficient (Wildman–Crippen LogP) is 2.89. The summed E-state index contributed by atoms with van der Waals surface area (Å²) in [6.07, 6.45) is 5.75. The number of carbonyl (C=O) groups is 2. The van der Waals surface area contributed by atoms with Gasteiger partial charge in [-0.2, -0.15) is 16.5 Å². The molecule has 2 amide bonds. The smallest absolute Gasteiger partial charge is 0.241 e. The van der Waals surface area contributed by atoms with Crippen LogP contribution in [-0.4, -0.2) is 74.3 Å². The zero-order valence-electron chi connectivity index (χ0n) is 20.0. The van der Waals surface area contributed by atoms with E-state index in [2.05, 4.69) is 11.6 Å². The molecule has 2 heterocycles. The first-order valence-electron chi connectivity index (χ1n) is 11.9. The Balaban J connectivity index is 1.60. The first kappa shape index (κ1) is 26.0. The van der Waals surface area contributed by atoms with Crippen molar-refractivity contribution in [2.45, 2.75) is 56.9 Å². The van der Waals surface area contributed by atoms with Crippen LogP contribution in [0.2, 0.25) is 0 Å². The Morgan fingerprint density at radius 2 is 1.61 bits per heavy atom. The van der Waals surface area contributed by atoms with Crippen molar-refractivity contribution in [3.8, 4) is 0 Å². The highest BCUT2D eigenvalue weighted by molar-refractivity contribution is 7.98. The van der Waals surface area contributed by atoms with Crippen molar-refractivity contribution in [1.82, 2.24) is 14.5 Å². The van der Waals surface area contributed by atoms with E-state index in [1.54, 1.807) is 40.9 Å². The van der Waals surface area contributed by atoms with E-state index in [1.165, 1.54) is 0 Å². The molecule has 3 rings (SSSR count). The zero-order valence-corrected chi connectivity index (χ0v) is 21.6. The van der Waals surface area contributed by atoms with Crippen molar-refractivity contribution in [3.63, 3.8) is 0 Å². The summed E-state index contributed by atoms with van der Waals surface area (Å²) < 4.78 is 28.5. The number of hydrogen-bond donors (Lipinski definition) is 1. The maximum atomic E-state index is 13.3. The van der Waals surface area contributed by atoms with Gasteiger partial charge in [0.2, 0.25) is 21.8 Å². The average molecular weight is 496 g/mol. The van der Waals surface area contributed by atoms with Gasteiger partial charge in [-0.25, -0.2) is 8.42 Å². The maximum absolute atomic E-state index is 13.3. The first-order chi connectivity index (χ1) is 15.7. The first-order valence-corrected chi connectivity index (χ1v) is 14.7. The molecule has 1 unspecified atom stereocenters. The molecule has 0 spiro atoms. The molecule has 33 heavy (non-hydrogen) atoms. The number of amides is 2. The van der Waals surface area contributed by atoms with Crippen LogP contribution >= 0.6 is 11.8 Å². The summed E-state index contributed by atoms with van der Waals surface area (Å²) in [4.78, 5) is 30.1. The quantitative estimate of drug-likeness (QED) is 0.599. The van der Waals surface area contributed by atoms with Gasteiger partial charge in [-0.05, 0) is 69.1 Å². The van der Waals surface area contributed by atoms with Gasteiger partial charge < -0.3 is 9.80 Å². The summed E-state index contributed by atoms with van der Waals surface area (Å²) in [6.45, 7) is 6.76. The lowest BCUT2D eigenvalue weighted by atomic mass is 9.92. The molecule has 9 heteroatoms. The van der Waals surface area contributed by atoms with Crippen molar-refractivity contribution in [2.24, 2.45) is 11.8 Å². The molecule has 2 aliphatic heterocycles. The zero-order chi connectivity index (χ0) is 24.0. The van der Waals surface area contributed by atoms with Crippen molar-refractivity contribution < 1.29 is 18.0 Å². The lowest BCUT2D eigenvalue weighted by Crippen LogP contribution is -2.52. The van der Waals surface area contributed by atoms with Crippen LogP contribution in [0.25, 0.3) is 0 Å². The molecule has 0 radical (unpaired) electrons. The van der Waals surface area contributed by atoms with Gasteiger partial charge in [0, 0.05) is 32.1 Å².